The molecule has 0 saturated carbocycles. The molecular weight excluding hydrogens is 307 g/mol. The number of hydrogen-bond donors (Lipinski definition) is 2. The quantitative estimate of drug-likeness (QED) is 0.643. The van der Waals surface area contributed by atoms with E-state index in [1.165, 1.54) is 12.1 Å². The largest absolute Gasteiger partial charge is 0.368 e. The molecule has 2 rings (SSSR count). The summed E-state index contributed by atoms with van der Waals surface area (Å²) >= 11 is 12.2. The molecule has 3 N–H and O–H groups in total. The van der Waals surface area contributed by atoms with Gasteiger partial charge in [0.15, 0.2) is 0 Å². The van der Waals surface area contributed by atoms with Crippen molar-refractivity contribution in [3.8, 4) is 0 Å². The molecule has 1 heterocycles. The summed E-state index contributed by atoms with van der Waals surface area (Å²) in [6, 6.07) is 1.83. The molecule has 0 aromatic heterocycles. The highest BCUT2D eigenvalue weighted by Gasteiger charge is 2.30. The minimum absolute atomic E-state index is 0.123. The van der Waals surface area contributed by atoms with Crippen molar-refractivity contribution >= 4 is 40.5 Å². The number of nitrogens with one attached hydrogen (secondary N) is 1. The Bertz CT molecular complexity index is 544. The number of nitrogens with zero attached hydrogens (tertiary/aromatic N) is 2. The number of carbonyl (C=O) groups excluding carboxylic acids is 1. The van der Waals surface area contributed by atoms with Gasteiger partial charge in [-0.3, -0.25) is 14.9 Å². The molecular formula is C11H12Cl2N4O3. The molecule has 20 heavy (non-hydrogen) atoms. The second kappa shape index (κ2) is 5.82. The standard InChI is InChI=1S/C11H12Cl2N4O3/c12-7-3-6(17(19)20)4-8(13)10(7)16-2-1-15-5-9(16)11(14)18/h3-4,9,15H,1-2,5H2,(H2,14,18). The fraction of sp³-hybridized carbons (Fsp3) is 0.364. The Labute approximate surface area is 124 Å². The summed E-state index contributed by atoms with van der Waals surface area (Å²) < 4.78 is 0. The number of rotatable bonds is 3. The summed E-state index contributed by atoms with van der Waals surface area (Å²) in [7, 11) is 0. The van der Waals surface area contributed by atoms with Crippen molar-refractivity contribution in [3.63, 3.8) is 0 Å². The molecule has 1 amide bonds. The molecule has 1 aliphatic rings. The Morgan fingerprint density at radius 1 is 1.45 bits per heavy atom. The fourth-order valence-corrected chi connectivity index (χ4v) is 2.85. The zero-order chi connectivity index (χ0) is 14.9. The van der Waals surface area contributed by atoms with E-state index in [-0.39, 0.29) is 15.7 Å². The average molecular weight is 319 g/mol. The van der Waals surface area contributed by atoms with Crippen LogP contribution in [0.25, 0.3) is 0 Å². The van der Waals surface area contributed by atoms with Crippen molar-refractivity contribution < 1.29 is 9.72 Å². The molecule has 1 fully saturated rings. The molecule has 1 aromatic rings. The van der Waals surface area contributed by atoms with E-state index in [1.54, 1.807) is 4.90 Å². The van der Waals surface area contributed by atoms with Crippen LogP contribution in [0.3, 0.4) is 0 Å². The number of amides is 1. The lowest BCUT2D eigenvalue weighted by atomic mass is 10.1. The predicted molar refractivity (Wildman–Crippen MR) is 76.3 cm³/mol. The summed E-state index contributed by atoms with van der Waals surface area (Å²) in [5.74, 6) is -0.511. The van der Waals surface area contributed by atoms with Gasteiger partial charge < -0.3 is 16.0 Å². The number of nitro benzene ring substituents is 1. The number of hydrogen-bond acceptors (Lipinski definition) is 5. The smallest absolute Gasteiger partial charge is 0.272 e. The Hall–Kier alpha value is -1.57. The molecule has 7 nitrogen and oxygen atoms in total. The van der Waals surface area contributed by atoms with Crippen LogP contribution in [0.2, 0.25) is 10.0 Å². The van der Waals surface area contributed by atoms with E-state index in [2.05, 4.69) is 5.32 Å². The van der Waals surface area contributed by atoms with E-state index in [1.807, 2.05) is 0 Å². The van der Waals surface area contributed by atoms with Crippen LogP contribution in [0.5, 0.6) is 0 Å². The maximum Gasteiger partial charge on any atom is 0.272 e. The topological polar surface area (TPSA) is 102 Å². The number of benzene rings is 1. The maximum absolute atomic E-state index is 11.5. The first-order valence-electron chi connectivity index (χ1n) is 5.82. The predicted octanol–water partition coefficient (Wildman–Crippen LogP) is 1.17. The first-order valence-corrected chi connectivity index (χ1v) is 6.57. The van der Waals surface area contributed by atoms with Crippen molar-refractivity contribution in [2.45, 2.75) is 6.04 Å². The van der Waals surface area contributed by atoms with Gasteiger partial charge in [-0.2, -0.15) is 0 Å². The Morgan fingerprint density at radius 3 is 2.55 bits per heavy atom. The van der Waals surface area contributed by atoms with Crippen molar-refractivity contribution in [2.24, 2.45) is 5.73 Å². The number of halogens is 2. The number of nitrogens with two attached hydrogens (primary N) is 1. The number of carbonyl (C=O) groups is 1. The highest BCUT2D eigenvalue weighted by Crippen LogP contribution is 2.38. The van der Waals surface area contributed by atoms with Crippen molar-refractivity contribution in [3.05, 3.63) is 32.3 Å². The van der Waals surface area contributed by atoms with Gasteiger partial charge in [0.1, 0.15) is 6.04 Å². The van der Waals surface area contributed by atoms with Gasteiger partial charge in [-0.1, -0.05) is 23.2 Å². The van der Waals surface area contributed by atoms with Crippen LogP contribution in [0, 0.1) is 10.1 Å². The van der Waals surface area contributed by atoms with Crippen LogP contribution in [0.4, 0.5) is 11.4 Å². The number of anilines is 1. The van der Waals surface area contributed by atoms with Crippen LogP contribution in [0.1, 0.15) is 0 Å². The first-order chi connectivity index (χ1) is 9.41. The Balaban J connectivity index is 2.45. The molecule has 1 atom stereocenters. The minimum Gasteiger partial charge on any atom is -0.368 e. The molecule has 1 unspecified atom stereocenters. The van der Waals surface area contributed by atoms with Gasteiger partial charge in [0, 0.05) is 31.8 Å². The van der Waals surface area contributed by atoms with E-state index in [4.69, 9.17) is 28.9 Å². The number of piperazine rings is 1. The van der Waals surface area contributed by atoms with Crippen LogP contribution < -0.4 is 16.0 Å². The van der Waals surface area contributed by atoms with Gasteiger partial charge in [0.05, 0.1) is 20.7 Å². The molecule has 108 valence electrons. The monoisotopic (exact) mass is 318 g/mol. The SMILES string of the molecule is NC(=O)C1CNCCN1c1c(Cl)cc([N+](=O)[O-])cc1Cl. The summed E-state index contributed by atoms with van der Waals surface area (Å²) in [6.07, 6.45) is 0. The lowest BCUT2D eigenvalue weighted by Crippen LogP contribution is -2.57. The molecule has 0 bridgehead atoms. The second-order valence-corrected chi connectivity index (χ2v) is 5.15. The first kappa shape index (κ1) is 14.8. The fourth-order valence-electron chi connectivity index (χ4n) is 2.16. The van der Waals surface area contributed by atoms with E-state index >= 15 is 0 Å². The Kier molecular flexibility index (Phi) is 4.32. The van der Waals surface area contributed by atoms with Crippen molar-refractivity contribution in [1.82, 2.24) is 5.32 Å². The third kappa shape index (κ3) is 2.79. The van der Waals surface area contributed by atoms with Gasteiger partial charge in [0.25, 0.3) is 5.69 Å². The van der Waals surface area contributed by atoms with Crippen LogP contribution >= 0.6 is 23.2 Å². The molecule has 9 heteroatoms. The maximum atomic E-state index is 11.5. The second-order valence-electron chi connectivity index (χ2n) is 4.33. The summed E-state index contributed by atoms with van der Waals surface area (Å²) in [5.41, 5.74) is 5.55. The van der Waals surface area contributed by atoms with Crippen LogP contribution in [-0.2, 0) is 4.79 Å². The molecule has 0 spiro atoms. The summed E-state index contributed by atoms with van der Waals surface area (Å²) in [4.78, 5) is 23.3. The molecule has 1 aromatic carbocycles. The Morgan fingerprint density at radius 2 is 2.05 bits per heavy atom. The molecule has 0 radical (unpaired) electrons. The van der Waals surface area contributed by atoms with Gasteiger partial charge in [-0.25, -0.2) is 0 Å². The lowest BCUT2D eigenvalue weighted by molar-refractivity contribution is -0.384. The highest BCUT2D eigenvalue weighted by molar-refractivity contribution is 6.39. The average Bonchev–Trinajstić information content (AvgIpc) is 2.38. The van der Waals surface area contributed by atoms with E-state index in [0.717, 1.165) is 0 Å². The minimum atomic E-state index is -0.597. The zero-order valence-corrected chi connectivity index (χ0v) is 11.8. The molecule has 1 saturated heterocycles. The summed E-state index contributed by atoms with van der Waals surface area (Å²) in [6.45, 7) is 1.48. The summed E-state index contributed by atoms with van der Waals surface area (Å²) in [5, 5.41) is 14.0. The van der Waals surface area contributed by atoms with Gasteiger partial charge >= 0.3 is 0 Å². The highest BCUT2D eigenvalue weighted by atomic mass is 35.5. The van der Waals surface area contributed by atoms with Crippen LogP contribution in [0.15, 0.2) is 12.1 Å². The van der Waals surface area contributed by atoms with Gasteiger partial charge in [0.2, 0.25) is 5.91 Å². The van der Waals surface area contributed by atoms with E-state index < -0.39 is 16.9 Å². The normalized spacial score (nSPS) is 18.9. The molecule has 0 aliphatic carbocycles. The van der Waals surface area contributed by atoms with Crippen molar-refractivity contribution in [2.75, 3.05) is 24.5 Å². The third-order valence-corrected chi connectivity index (χ3v) is 3.65. The zero-order valence-electron chi connectivity index (χ0n) is 10.3. The number of non-ortho nitro benzene ring substituents is 1. The van der Waals surface area contributed by atoms with Gasteiger partial charge in [-0.05, 0) is 0 Å². The van der Waals surface area contributed by atoms with Gasteiger partial charge in [-0.15, -0.1) is 0 Å². The van der Waals surface area contributed by atoms with E-state index in [9.17, 15) is 14.9 Å². The number of primary amides is 1. The molecule has 1 aliphatic heterocycles. The number of nitro groups is 1. The third-order valence-electron chi connectivity index (χ3n) is 3.07. The van der Waals surface area contributed by atoms with Crippen LogP contribution in [-0.4, -0.2) is 36.5 Å². The van der Waals surface area contributed by atoms with E-state index in [0.29, 0.717) is 25.3 Å². The van der Waals surface area contributed by atoms with Crippen molar-refractivity contribution in [1.29, 1.82) is 0 Å². The lowest BCUT2D eigenvalue weighted by Gasteiger charge is -2.36.